The monoisotopic (exact) mass is 315 g/mol. The van der Waals surface area contributed by atoms with E-state index in [2.05, 4.69) is 9.97 Å². The van der Waals surface area contributed by atoms with Gasteiger partial charge in [0.2, 0.25) is 0 Å². The standard InChI is InChI=1S/C17H18FN3O2/c18-14-1-3-15(4-2-14)23-12-17(22)21-9-5-13(6-10-21)16-11-19-7-8-20-16/h1-4,7-8,11,13H,5-6,9-10,12H2. The first kappa shape index (κ1) is 15.4. The van der Waals surface area contributed by atoms with Crippen LogP contribution in [-0.2, 0) is 4.79 Å². The minimum Gasteiger partial charge on any atom is -0.484 e. The summed E-state index contributed by atoms with van der Waals surface area (Å²) in [6.45, 7) is 1.35. The third-order valence-electron chi connectivity index (χ3n) is 4.03. The SMILES string of the molecule is O=C(COc1ccc(F)cc1)N1CCC(c2cnccn2)CC1. The largest absolute Gasteiger partial charge is 0.484 e. The Bertz CT molecular complexity index is 641. The number of ether oxygens (including phenoxy) is 1. The van der Waals surface area contributed by atoms with Gasteiger partial charge in [-0.2, -0.15) is 0 Å². The summed E-state index contributed by atoms with van der Waals surface area (Å²) in [5, 5.41) is 0. The first-order valence-corrected chi connectivity index (χ1v) is 7.64. The summed E-state index contributed by atoms with van der Waals surface area (Å²) in [4.78, 5) is 22.4. The first-order valence-electron chi connectivity index (χ1n) is 7.64. The molecule has 0 saturated carbocycles. The van der Waals surface area contributed by atoms with Gasteiger partial charge in [-0.25, -0.2) is 4.39 Å². The van der Waals surface area contributed by atoms with Crippen LogP contribution < -0.4 is 4.74 Å². The molecule has 0 unspecified atom stereocenters. The maximum absolute atomic E-state index is 12.8. The molecular weight excluding hydrogens is 297 g/mol. The molecule has 1 aromatic heterocycles. The van der Waals surface area contributed by atoms with Gasteiger partial charge < -0.3 is 9.64 Å². The van der Waals surface area contributed by atoms with Crippen LogP contribution in [0.5, 0.6) is 5.75 Å². The van der Waals surface area contributed by atoms with E-state index in [-0.39, 0.29) is 18.3 Å². The minimum atomic E-state index is -0.324. The molecule has 0 N–H and O–H groups in total. The Morgan fingerprint density at radius 3 is 2.61 bits per heavy atom. The number of rotatable bonds is 4. The summed E-state index contributed by atoms with van der Waals surface area (Å²) >= 11 is 0. The summed E-state index contributed by atoms with van der Waals surface area (Å²) in [5.41, 5.74) is 0.988. The normalized spacial score (nSPS) is 15.4. The van der Waals surface area contributed by atoms with Gasteiger partial charge in [-0.1, -0.05) is 0 Å². The Kier molecular flexibility index (Phi) is 4.80. The number of amides is 1. The van der Waals surface area contributed by atoms with Gasteiger partial charge in [-0.05, 0) is 37.1 Å². The number of halogens is 1. The third kappa shape index (κ3) is 4.03. The molecule has 0 atom stereocenters. The van der Waals surface area contributed by atoms with Gasteiger partial charge in [0.05, 0.1) is 5.69 Å². The van der Waals surface area contributed by atoms with Gasteiger partial charge in [0.25, 0.3) is 5.91 Å². The molecule has 120 valence electrons. The number of likely N-dealkylation sites (tertiary alicyclic amines) is 1. The lowest BCUT2D eigenvalue weighted by atomic mass is 9.94. The molecule has 1 amide bonds. The molecule has 1 aliphatic rings. The van der Waals surface area contributed by atoms with Crippen molar-refractivity contribution < 1.29 is 13.9 Å². The lowest BCUT2D eigenvalue weighted by Crippen LogP contribution is -2.40. The van der Waals surface area contributed by atoms with Crippen molar-refractivity contribution in [2.75, 3.05) is 19.7 Å². The van der Waals surface area contributed by atoms with Crippen molar-refractivity contribution in [2.24, 2.45) is 0 Å². The number of piperidine rings is 1. The molecule has 23 heavy (non-hydrogen) atoms. The molecule has 1 aliphatic heterocycles. The molecule has 2 heterocycles. The van der Waals surface area contributed by atoms with Gasteiger partial charge >= 0.3 is 0 Å². The van der Waals surface area contributed by atoms with Crippen LogP contribution in [0.25, 0.3) is 0 Å². The minimum absolute atomic E-state index is 0.0263. The summed E-state index contributed by atoms with van der Waals surface area (Å²) in [7, 11) is 0. The molecule has 1 saturated heterocycles. The highest BCUT2D eigenvalue weighted by Gasteiger charge is 2.24. The molecular formula is C17H18FN3O2. The van der Waals surface area contributed by atoms with E-state index in [0.29, 0.717) is 24.8 Å². The number of carbonyl (C=O) groups excluding carboxylic acids is 1. The third-order valence-corrected chi connectivity index (χ3v) is 4.03. The fourth-order valence-corrected chi connectivity index (χ4v) is 2.71. The van der Waals surface area contributed by atoms with Gasteiger partial charge in [0.15, 0.2) is 6.61 Å². The van der Waals surface area contributed by atoms with Crippen LogP contribution in [0.4, 0.5) is 4.39 Å². The van der Waals surface area contributed by atoms with E-state index < -0.39 is 0 Å². The Hall–Kier alpha value is -2.50. The molecule has 1 fully saturated rings. The van der Waals surface area contributed by atoms with Gasteiger partial charge in [0.1, 0.15) is 11.6 Å². The zero-order valence-corrected chi connectivity index (χ0v) is 12.7. The number of aromatic nitrogens is 2. The number of hydrogen-bond acceptors (Lipinski definition) is 4. The van der Waals surface area contributed by atoms with E-state index in [0.717, 1.165) is 18.5 Å². The molecule has 6 heteroatoms. The quantitative estimate of drug-likeness (QED) is 0.869. The molecule has 2 aromatic rings. The Labute approximate surface area is 134 Å². The van der Waals surface area contributed by atoms with Crippen LogP contribution in [0.15, 0.2) is 42.9 Å². The van der Waals surface area contributed by atoms with Crippen LogP contribution in [0.3, 0.4) is 0 Å². The lowest BCUT2D eigenvalue weighted by molar-refractivity contribution is -0.134. The van der Waals surface area contributed by atoms with Crippen LogP contribution in [0.2, 0.25) is 0 Å². The second kappa shape index (κ2) is 7.17. The molecule has 1 aromatic carbocycles. The zero-order chi connectivity index (χ0) is 16.1. The van der Waals surface area contributed by atoms with Crippen molar-refractivity contribution in [1.82, 2.24) is 14.9 Å². The average Bonchev–Trinajstić information content (AvgIpc) is 2.62. The van der Waals surface area contributed by atoms with Crippen molar-refractivity contribution in [3.05, 3.63) is 54.4 Å². The Balaban J connectivity index is 1.47. The topological polar surface area (TPSA) is 55.3 Å². The maximum Gasteiger partial charge on any atom is 0.260 e. The molecule has 0 aliphatic carbocycles. The van der Waals surface area contributed by atoms with E-state index in [1.165, 1.54) is 24.3 Å². The van der Waals surface area contributed by atoms with Crippen LogP contribution in [-0.4, -0.2) is 40.5 Å². The molecule has 0 bridgehead atoms. The first-order chi connectivity index (χ1) is 11.2. The summed E-state index contributed by atoms with van der Waals surface area (Å²) < 4.78 is 18.2. The Morgan fingerprint density at radius 1 is 1.22 bits per heavy atom. The van der Waals surface area contributed by atoms with Crippen molar-refractivity contribution in [3.8, 4) is 5.75 Å². The van der Waals surface area contributed by atoms with E-state index in [1.54, 1.807) is 23.5 Å². The number of hydrogen-bond donors (Lipinski definition) is 0. The van der Waals surface area contributed by atoms with Crippen molar-refractivity contribution in [3.63, 3.8) is 0 Å². The molecule has 3 rings (SSSR count). The highest BCUT2D eigenvalue weighted by molar-refractivity contribution is 5.77. The smallest absolute Gasteiger partial charge is 0.260 e. The van der Waals surface area contributed by atoms with E-state index in [1.807, 2.05) is 0 Å². The second-order valence-corrected chi connectivity index (χ2v) is 5.53. The fraction of sp³-hybridized carbons (Fsp3) is 0.353. The van der Waals surface area contributed by atoms with Crippen molar-refractivity contribution >= 4 is 5.91 Å². The number of benzene rings is 1. The predicted octanol–water partition coefficient (Wildman–Crippen LogP) is 2.40. The Morgan fingerprint density at radius 2 is 1.96 bits per heavy atom. The van der Waals surface area contributed by atoms with Gasteiger partial charge in [-0.3, -0.25) is 14.8 Å². The van der Waals surface area contributed by atoms with Gasteiger partial charge in [0, 0.05) is 37.6 Å². The molecule has 0 spiro atoms. The highest BCUT2D eigenvalue weighted by atomic mass is 19.1. The number of nitrogens with zero attached hydrogens (tertiary/aromatic N) is 3. The number of carbonyl (C=O) groups is 1. The fourth-order valence-electron chi connectivity index (χ4n) is 2.71. The molecule has 5 nitrogen and oxygen atoms in total. The van der Waals surface area contributed by atoms with Crippen LogP contribution in [0, 0.1) is 5.82 Å². The van der Waals surface area contributed by atoms with Crippen LogP contribution >= 0.6 is 0 Å². The predicted molar refractivity (Wildman–Crippen MR) is 82.5 cm³/mol. The lowest BCUT2D eigenvalue weighted by Gasteiger charge is -2.31. The zero-order valence-electron chi connectivity index (χ0n) is 12.7. The maximum atomic E-state index is 12.8. The highest BCUT2D eigenvalue weighted by Crippen LogP contribution is 2.26. The van der Waals surface area contributed by atoms with E-state index >= 15 is 0 Å². The van der Waals surface area contributed by atoms with E-state index in [9.17, 15) is 9.18 Å². The summed E-state index contributed by atoms with van der Waals surface area (Å²) in [5.74, 6) is 0.474. The average molecular weight is 315 g/mol. The van der Waals surface area contributed by atoms with Crippen LogP contribution in [0.1, 0.15) is 24.5 Å². The molecule has 0 radical (unpaired) electrons. The van der Waals surface area contributed by atoms with Crippen molar-refractivity contribution in [1.29, 1.82) is 0 Å². The van der Waals surface area contributed by atoms with Gasteiger partial charge in [-0.15, -0.1) is 0 Å². The second-order valence-electron chi connectivity index (χ2n) is 5.53. The summed E-state index contributed by atoms with van der Waals surface area (Å²) in [6, 6.07) is 5.66. The van der Waals surface area contributed by atoms with E-state index in [4.69, 9.17) is 4.74 Å². The van der Waals surface area contributed by atoms with Crippen molar-refractivity contribution in [2.45, 2.75) is 18.8 Å². The summed E-state index contributed by atoms with van der Waals surface area (Å²) in [6.07, 6.45) is 6.90.